The highest BCUT2D eigenvalue weighted by atomic mass is 16.5. The molecule has 0 spiro atoms. The quantitative estimate of drug-likeness (QED) is 0.913. The van der Waals surface area contributed by atoms with Gasteiger partial charge in [0.2, 0.25) is 0 Å². The summed E-state index contributed by atoms with van der Waals surface area (Å²) in [5, 5.41) is 3.67. The van der Waals surface area contributed by atoms with Crippen LogP contribution in [0.15, 0.2) is 24.3 Å². The fraction of sp³-hybridized carbons (Fsp3) is 0.647. The van der Waals surface area contributed by atoms with Crippen molar-refractivity contribution in [3.8, 4) is 5.75 Å². The van der Waals surface area contributed by atoms with Crippen LogP contribution >= 0.6 is 0 Å². The molecule has 2 saturated heterocycles. The van der Waals surface area contributed by atoms with E-state index in [4.69, 9.17) is 4.74 Å². The molecule has 2 aliphatic rings. The van der Waals surface area contributed by atoms with Crippen LogP contribution < -0.4 is 10.1 Å². The second-order valence-corrected chi connectivity index (χ2v) is 6.47. The van der Waals surface area contributed by atoms with Crippen LogP contribution in [-0.4, -0.2) is 36.7 Å². The predicted molar refractivity (Wildman–Crippen MR) is 82.0 cm³/mol. The van der Waals surface area contributed by atoms with Crippen LogP contribution in [-0.2, 0) is 6.54 Å². The Morgan fingerprint density at radius 2 is 2.05 bits per heavy atom. The standard InChI is InChI=1S/C17H26N2O/c1-13(2)20-16-7-5-14(6-8-16)10-19-11-15-4-3-9-18-17(15)12-19/h5-8,13,15,17-18H,3-4,9-12H2,1-2H3. The van der Waals surface area contributed by atoms with Crippen molar-refractivity contribution in [3.05, 3.63) is 29.8 Å². The molecule has 2 unspecified atom stereocenters. The van der Waals surface area contributed by atoms with Gasteiger partial charge >= 0.3 is 0 Å². The summed E-state index contributed by atoms with van der Waals surface area (Å²) in [5.74, 6) is 1.84. The zero-order valence-electron chi connectivity index (χ0n) is 12.6. The van der Waals surface area contributed by atoms with Crippen LogP contribution in [0.3, 0.4) is 0 Å². The van der Waals surface area contributed by atoms with Gasteiger partial charge in [-0.2, -0.15) is 0 Å². The molecule has 3 heteroatoms. The summed E-state index contributed by atoms with van der Waals surface area (Å²) in [4.78, 5) is 2.59. The van der Waals surface area contributed by atoms with Gasteiger partial charge in [-0.05, 0) is 56.8 Å². The maximum absolute atomic E-state index is 5.69. The number of benzene rings is 1. The van der Waals surface area contributed by atoms with Crippen LogP contribution in [0, 0.1) is 5.92 Å². The molecule has 2 atom stereocenters. The summed E-state index contributed by atoms with van der Waals surface area (Å²) in [6.07, 6.45) is 2.99. The number of nitrogens with one attached hydrogen (secondary N) is 1. The van der Waals surface area contributed by atoms with Gasteiger partial charge < -0.3 is 10.1 Å². The highest BCUT2D eigenvalue weighted by Crippen LogP contribution is 2.26. The molecule has 0 bridgehead atoms. The van der Waals surface area contributed by atoms with Gasteiger partial charge in [-0.1, -0.05) is 12.1 Å². The molecular weight excluding hydrogens is 248 g/mol. The first-order valence-electron chi connectivity index (χ1n) is 7.92. The van der Waals surface area contributed by atoms with Crippen LogP contribution in [0.5, 0.6) is 5.75 Å². The average molecular weight is 274 g/mol. The maximum atomic E-state index is 5.69. The summed E-state index contributed by atoms with van der Waals surface area (Å²) in [5.41, 5.74) is 1.39. The maximum Gasteiger partial charge on any atom is 0.119 e. The molecule has 0 saturated carbocycles. The van der Waals surface area contributed by atoms with Gasteiger partial charge in [0.05, 0.1) is 6.10 Å². The van der Waals surface area contributed by atoms with E-state index in [0.29, 0.717) is 0 Å². The Morgan fingerprint density at radius 1 is 1.25 bits per heavy atom. The fourth-order valence-electron chi connectivity index (χ4n) is 3.47. The Bertz CT molecular complexity index is 415. The number of nitrogens with zero attached hydrogens (tertiary/aromatic N) is 1. The molecule has 0 amide bonds. The molecule has 0 aliphatic carbocycles. The minimum atomic E-state index is 0.244. The van der Waals surface area contributed by atoms with Gasteiger partial charge in [0.1, 0.15) is 5.75 Å². The first-order chi connectivity index (χ1) is 9.70. The number of likely N-dealkylation sites (tertiary alicyclic amines) is 1. The lowest BCUT2D eigenvalue weighted by atomic mass is 9.94. The number of rotatable bonds is 4. The van der Waals surface area contributed by atoms with Gasteiger partial charge in [-0.3, -0.25) is 4.90 Å². The molecule has 0 radical (unpaired) electrons. The van der Waals surface area contributed by atoms with Crippen molar-refractivity contribution >= 4 is 0 Å². The van der Waals surface area contributed by atoms with Gasteiger partial charge in [0.25, 0.3) is 0 Å². The minimum Gasteiger partial charge on any atom is -0.491 e. The van der Waals surface area contributed by atoms with E-state index in [9.17, 15) is 0 Å². The number of hydrogen-bond donors (Lipinski definition) is 1. The molecule has 0 aromatic heterocycles. The van der Waals surface area contributed by atoms with Crippen molar-refractivity contribution in [2.75, 3.05) is 19.6 Å². The van der Waals surface area contributed by atoms with Crippen LogP contribution in [0.2, 0.25) is 0 Å². The van der Waals surface area contributed by atoms with E-state index in [1.807, 2.05) is 0 Å². The third-order valence-corrected chi connectivity index (χ3v) is 4.38. The van der Waals surface area contributed by atoms with Crippen molar-refractivity contribution in [3.63, 3.8) is 0 Å². The van der Waals surface area contributed by atoms with E-state index in [-0.39, 0.29) is 6.10 Å². The van der Waals surface area contributed by atoms with Crippen LogP contribution in [0.1, 0.15) is 32.3 Å². The minimum absolute atomic E-state index is 0.244. The van der Waals surface area contributed by atoms with E-state index in [0.717, 1.165) is 24.3 Å². The number of hydrogen-bond acceptors (Lipinski definition) is 3. The second kappa shape index (κ2) is 6.15. The Kier molecular flexibility index (Phi) is 4.27. The van der Waals surface area contributed by atoms with Gasteiger partial charge in [0, 0.05) is 25.7 Å². The van der Waals surface area contributed by atoms with Crippen molar-refractivity contribution in [2.24, 2.45) is 5.92 Å². The first kappa shape index (κ1) is 13.9. The molecule has 1 aromatic carbocycles. The smallest absolute Gasteiger partial charge is 0.119 e. The van der Waals surface area contributed by atoms with Crippen molar-refractivity contribution in [1.29, 1.82) is 0 Å². The summed E-state index contributed by atoms with van der Waals surface area (Å²) >= 11 is 0. The normalized spacial score (nSPS) is 26.8. The molecule has 2 heterocycles. The Labute approximate surface area is 122 Å². The van der Waals surface area contributed by atoms with Crippen LogP contribution in [0.25, 0.3) is 0 Å². The highest BCUT2D eigenvalue weighted by molar-refractivity contribution is 5.27. The predicted octanol–water partition coefficient (Wildman–Crippen LogP) is 2.66. The molecule has 3 nitrogen and oxygen atoms in total. The van der Waals surface area contributed by atoms with Gasteiger partial charge in [0.15, 0.2) is 0 Å². The van der Waals surface area contributed by atoms with Crippen LogP contribution in [0.4, 0.5) is 0 Å². The third kappa shape index (κ3) is 3.33. The molecular formula is C17H26N2O. The molecule has 2 fully saturated rings. The Balaban J connectivity index is 1.55. The summed E-state index contributed by atoms with van der Waals surface area (Å²) in [6, 6.07) is 9.32. The second-order valence-electron chi connectivity index (χ2n) is 6.47. The fourth-order valence-corrected chi connectivity index (χ4v) is 3.47. The van der Waals surface area contributed by atoms with Crippen molar-refractivity contribution in [2.45, 2.75) is 45.4 Å². The molecule has 3 rings (SSSR count). The highest BCUT2D eigenvalue weighted by Gasteiger charge is 2.33. The lowest BCUT2D eigenvalue weighted by Gasteiger charge is -2.24. The average Bonchev–Trinajstić information content (AvgIpc) is 2.82. The molecule has 20 heavy (non-hydrogen) atoms. The van der Waals surface area contributed by atoms with E-state index < -0.39 is 0 Å². The van der Waals surface area contributed by atoms with E-state index in [1.54, 1.807) is 0 Å². The number of ether oxygens (including phenoxy) is 1. The largest absolute Gasteiger partial charge is 0.491 e. The van der Waals surface area contributed by atoms with E-state index in [1.165, 1.54) is 38.0 Å². The lowest BCUT2D eigenvalue weighted by molar-refractivity contribution is 0.242. The SMILES string of the molecule is CC(C)Oc1ccc(CN2CC3CCCNC3C2)cc1. The van der Waals surface area contributed by atoms with Gasteiger partial charge in [-0.25, -0.2) is 0 Å². The van der Waals surface area contributed by atoms with E-state index in [2.05, 4.69) is 48.3 Å². The van der Waals surface area contributed by atoms with E-state index >= 15 is 0 Å². The first-order valence-corrected chi connectivity index (χ1v) is 7.92. The zero-order chi connectivity index (χ0) is 13.9. The number of piperidine rings is 1. The lowest BCUT2D eigenvalue weighted by Crippen LogP contribution is -2.40. The summed E-state index contributed by atoms with van der Waals surface area (Å²) in [7, 11) is 0. The van der Waals surface area contributed by atoms with Crippen molar-refractivity contribution < 1.29 is 4.74 Å². The van der Waals surface area contributed by atoms with Gasteiger partial charge in [-0.15, -0.1) is 0 Å². The Morgan fingerprint density at radius 3 is 2.75 bits per heavy atom. The molecule has 2 aliphatic heterocycles. The topological polar surface area (TPSA) is 24.5 Å². The summed E-state index contributed by atoms with van der Waals surface area (Å²) < 4.78 is 5.69. The summed E-state index contributed by atoms with van der Waals surface area (Å²) in [6.45, 7) is 8.85. The third-order valence-electron chi connectivity index (χ3n) is 4.38. The monoisotopic (exact) mass is 274 g/mol. The molecule has 1 N–H and O–H groups in total. The number of fused-ring (bicyclic) bond motifs is 1. The van der Waals surface area contributed by atoms with Crippen molar-refractivity contribution in [1.82, 2.24) is 10.2 Å². The Hall–Kier alpha value is -1.06. The molecule has 110 valence electrons. The zero-order valence-corrected chi connectivity index (χ0v) is 12.6. The molecule has 1 aromatic rings.